The summed E-state index contributed by atoms with van der Waals surface area (Å²) in [4.78, 5) is 4.33. The summed E-state index contributed by atoms with van der Waals surface area (Å²) in [5.74, 6) is 0.405. The van der Waals surface area contributed by atoms with Crippen LogP contribution >= 0.6 is 11.3 Å². The summed E-state index contributed by atoms with van der Waals surface area (Å²) < 4.78 is 25.0. The van der Waals surface area contributed by atoms with E-state index in [0.717, 1.165) is 16.3 Å². The summed E-state index contributed by atoms with van der Waals surface area (Å²) in [6.45, 7) is 2.03. The quantitative estimate of drug-likeness (QED) is 0.918. The Morgan fingerprint density at radius 3 is 3.06 bits per heavy atom. The molecule has 3 nitrogen and oxygen atoms in total. The van der Waals surface area contributed by atoms with Crippen LogP contribution in [-0.4, -0.2) is 27.2 Å². The molecule has 0 amide bonds. The molecule has 18 heavy (non-hydrogen) atoms. The van der Waals surface area contributed by atoms with E-state index in [1.165, 1.54) is 23.5 Å². The number of nitrogens with one attached hydrogen (secondary N) is 1. The molecule has 6 heteroatoms. The number of hydrogen-bond acceptors (Lipinski definition) is 4. The van der Waals surface area contributed by atoms with Gasteiger partial charge in [-0.3, -0.25) is 4.21 Å². The van der Waals surface area contributed by atoms with Crippen LogP contribution in [0.15, 0.2) is 18.2 Å². The molecular formula is C12H15FN2OS2. The van der Waals surface area contributed by atoms with Gasteiger partial charge in [0.25, 0.3) is 0 Å². The monoisotopic (exact) mass is 286 g/mol. The molecule has 2 rings (SSSR count). The van der Waals surface area contributed by atoms with Crippen LogP contribution in [0.5, 0.6) is 0 Å². The van der Waals surface area contributed by atoms with Gasteiger partial charge in [-0.2, -0.15) is 0 Å². The molecule has 0 saturated heterocycles. The molecule has 0 aliphatic heterocycles. The molecule has 0 bridgehead atoms. The van der Waals surface area contributed by atoms with Crippen LogP contribution in [0.3, 0.4) is 0 Å². The first kappa shape index (κ1) is 13.4. The van der Waals surface area contributed by atoms with Gasteiger partial charge in [0, 0.05) is 34.9 Å². The predicted molar refractivity (Wildman–Crippen MR) is 76.2 cm³/mol. The number of hydrogen-bond donors (Lipinski definition) is 1. The van der Waals surface area contributed by atoms with E-state index in [0.29, 0.717) is 11.3 Å². The number of rotatable bonds is 5. The van der Waals surface area contributed by atoms with Gasteiger partial charge >= 0.3 is 0 Å². The number of anilines is 1. The van der Waals surface area contributed by atoms with E-state index in [4.69, 9.17) is 0 Å². The second kappa shape index (κ2) is 5.75. The predicted octanol–water partition coefficient (Wildman–Crippen LogP) is 3.00. The van der Waals surface area contributed by atoms with Crippen molar-refractivity contribution in [1.29, 1.82) is 0 Å². The van der Waals surface area contributed by atoms with Crippen LogP contribution < -0.4 is 5.32 Å². The Kier molecular flexibility index (Phi) is 4.29. The fourth-order valence-corrected chi connectivity index (χ4v) is 3.23. The Morgan fingerprint density at radius 2 is 2.33 bits per heavy atom. The van der Waals surface area contributed by atoms with Crippen LogP contribution in [0.25, 0.3) is 10.2 Å². The summed E-state index contributed by atoms with van der Waals surface area (Å²) in [7, 11) is -0.769. The van der Waals surface area contributed by atoms with E-state index < -0.39 is 10.8 Å². The Labute approximate surface area is 112 Å². The average molecular weight is 286 g/mol. The molecule has 1 N–H and O–H groups in total. The lowest BCUT2D eigenvalue weighted by molar-refractivity contribution is 0.629. The third-order valence-electron chi connectivity index (χ3n) is 2.56. The van der Waals surface area contributed by atoms with E-state index in [1.54, 1.807) is 12.3 Å². The molecule has 0 aliphatic rings. The molecule has 2 atom stereocenters. The van der Waals surface area contributed by atoms with Gasteiger partial charge in [-0.05, 0) is 25.5 Å². The number of aromatic nitrogens is 1. The molecule has 0 radical (unpaired) electrons. The highest BCUT2D eigenvalue weighted by Crippen LogP contribution is 2.26. The first-order chi connectivity index (χ1) is 8.54. The van der Waals surface area contributed by atoms with Crippen molar-refractivity contribution in [3.8, 4) is 0 Å². The highest BCUT2D eigenvalue weighted by Gasteiger charge is 2.08. The van der Waals surface area contributed by atoms with Crippen LogP contribution in [0.2, 0.25) is 0 Å². The van der Waals surface area contributed by atoms with Crippen LogP contribution in [-0.2, 0) is 10.8 Å². The largest absolute Gasteiger partial charge is 0.359 e. The van der Waals surface area contributed by atoms with Gasteiger partial charge in [0.05, 0.1) is 10.2 Å². The minimum absolute atomic E-state index is 0.208. The van der Waals surface area contributed by atoms with Crippen LogP contribution in [0.1, 0.15) is 13.3 Å². The van der Waals surface area contributed by atoms with Crippen molar-refractivity contribution in [1.82, 2.24) is 4.98 Å². The number of thiazole rings is 1. The number of benzene rings is 1. The van der Waals surface area contributed by atoms with Gasteiger partial charge in [0.2, 0.25) is 0 Å². The average Bonchev–Trinajstić information content (AvgIpc) is 2.67. The van der Waals surface area contributed by atoms with Crippen LogP contribution in [0.4, 0.5) is 9.52 Å². The summed E-state index contributed by atoms with van der Waals surface area (Å²) in [5.41, 5.74) is 0.675. The topological polar surface area (TPSA) is 42.0 Å². The minimum Gasteiger partial charge on any atom is -0.359 e. The van der Waals surface area contributed by atoms with Gasteiger partial charge in [-0.1, -0.05) is 11.3 Å². The lowest BCUT2D eigenvalue weighted by Crippen LogP contribution is -2.17. The number of nitrogens with zero attached hydrogens (tertiary/aromatic N) is 1. The minimum atomic E-state index is -0.769. The Bertz CT molecular complexity index is 570. The second-order valence-electron chi connectivity index (χ2n) is 4.24. The van der Waals surface area contributed by atoms with E-state index in [9.17, 15) is 8.60 Å². The zero-order chi connectivity index (χ0) is 13.1. The Balaban J connectivity index is 2.05. The maximum Gasteiger partial charge on any atom is 0.184 e. The highest BCUT2D eigenvalue weighted by atomic mass is 32.2. The molecule has 0 aliphatic carbocycles. The smallest absolute Gasteiger partial charge is 0.184 e. The fourth-order valence-electron chi connectivity index (χ4n) is 1.59. The zero-order valence-electron chi connectivity index (χ0n) is 10.3. The molecule has 0 saturated carbocycles. The van der Waals surface area contributed by atoms with Gasteiger partial charge in [-0.15, -0.1) is 0 Å². The standard InChI is InChI=1S/C12H15FN2OS2/c1-8(5-6-18(2)16)14-12-15-10-7-9(13)3-4-11(10)17-12/h3-4,7-8H,5-6H2,1-2H3,(H,14,15). The summed E-state index contributed by atoms with van der Waals surface area (Å²) >= 11 is 1.50. The van der Waals surface area contributed by atoms with Crippen molar-refractivity contribution in [3.05, 3.63) is 24.0 Å². The van der Waals surface area contributed by atoms with Gasteiger partial charge < -0.3 is 5.32 Å². The number of halogens is 1. The number of fused-ring (bicyclic) bond motifs is 1. The molecule has 2 aromatic rings. The molecule has 98 valence electrons. The van der Waals surface area contributed by atoms with Crippen molar-refractivity contribution in [2.75, 3.05) is 17.3 Å². The normalized spacial score (nSPS) is 14.6. The van der Waals surface area contributed by atoms with Gasteiger partial charge in [0.15, 0.2) is 5.13 Å². The molecule has 1 heterocycles. The van der Waals surface area contributed by atoms with Crippen molar-refractivity contribution in [2.45, 2.75) is 19.4 Å². The highest BCUT2D eigenvalue weighted by molar-refractivity contribution is 7.84. The fraction of sp³-hybridized carbons (Fsp3) is 0.417. The Hall–Kier alpha value is -1.01. The second-order valence-corrected chi connectivity index (χ2v) is 6.83. The first-order valence-corrected chi connectivity index (χ1v) is 8.21. The van der Waals surface area contributed by atoms with Crippen molar-refractivity contribution in [3.63, 3.8) is 0 Å². The van der Waals surface area contributed by atoms with Crippen molar-refractivity contribution >= 4 is 37.5 Å². The maximum absolute atomic E-state index is 13.0. The van der Waals surface area contributed by atoms with Gasteiger partial charge in [0.1, 0.15) is 5.82 Å². The zero-order valence-corrected chi connectivity index (χ0v) is 11.9. The summed E-state index contributed by atoms with van der Waals surface area (Å²) in [6.07, 6.45) is 2.53. The summed E-state index contributed by atoms with van der Waals surface area (Å²) in [6, 6.07) is 4.81. The molecule has 0 spiro atoms. The Morgan fingerprint density at radius 1 is 1.56 bits per heavy atom. The van der Waals surface area contributed by atoms with E-state index in [-0.39, 0.29) is 11.9 Å². The third-order valence-corrected chi connectivity index (χ3v) is 4.34. The lowest BCUT2D eigenvalue weighted by atomic mass is 10.3. The van der Waals surface area contributed by atoms with E-state index >= 15 is 0 Å². The van der Waals surface area contributed by atoms with E-state index in [1.807, 2.05) is 6.92 Å². The third kappa shape index (κ3) is 3.49. The molecular weight excluding hydrogens is 271 g/mol. The SMILES string of the molecule is CC(CCS(C)=O)Nc1nc2cc(F)ccc2s1. The maximum atomic E-state index is 13.0. The van der Waals surface area contributed by atoms with Gasteiger partial charge in [-0.25, -0.2) is 9.37 Å². The molecule has 1 aromatic carbocycles. The molecule has 0 fully saturated rings. The van der Waals surface area contributed by atoms with E-state index in [2.05, 4.69) is 10.3 Å². The lowest BCUT2D eigenvalue weighted by Gasteiger charge is -2.11. The van der Waals surface area contributed by atoms with Crippen molar-refractivity contribution in [2.24, 2.45) is 0 Å². The summed E-state index contributed by atoms with van der Waals surface area (Å²) in [5, 5.41) is 4.04. The van der Waals surface area contributed by atoms with Crippen molar-refractivity contribution < 1.29 is 8.60 Å². The molecule has 2 unspecified atom stereocenters. The van der Waals surface area contributed by atoms with Crippen LogP contribution in [0, 0.1) is 5.82 Å². The molecule has 1 aromatic heterocycles. The first-order valence-electron chi connectivity index (χ1n) is 5.67.